The zero-order valence-corrected chi connectivity index (χ0v) is 11.4. The molecule has 0 aromatic heterocycles. The van der Waals surface area contributed by atoms with E-state index < -0.39 is 0 Å². The number of likely N-dealkylation sites (N-methyl/N-ethyl adjacent to an activating group) is 1. The number of hydrogen-bond donors (Lipinski definition) is 1. The van der Waals surface area contributed by atoms with Gasteiger partial charge in [0.1, 0.15) is 0 Å². The molecule has 0 unspecified atom stereocenters. The Kier molecular flexibility index (Phi) is 7.21. The number of nitrogens with zero attached hydrogens (tertiary/aromatic N) is 2. The van der Waals surface area contributed by atoms with Gasteiger partial charge < -0.3 is 15.1 Å². The summed E-state index contributed by atoms with van der Waals surface area (Å²) in [5.41, 5.74) is 0. The summed E-state index contributed by atoms with van der Waals surface area (Å²) in [6, 6.07) is 0. The van der Waals surface area contributed by atoms with E-state index in [-0.39, 0.29) is 0 Å². The first-order chi connectivity index (χ1) is 8.24. The molecule has 1 N–H and O–H groups in total. The summed E-state index contributed by atoms with van der Waals surface area (Å²) in [5.74, 6) is 0.307. The molecular weight excluding hydrogens is 214 g/mol. The van der Waals surface area contributed by atoms with Gasteiger partial charge in [-0.05, 0) is 20.0 Å². The summed E-state index contributed by atoms with van der Waals surface area (Å²) >= 11 is 0. The van der Waals surface area contributed by atoms with Gasteiger partial charge in [-0.1, -0.05) is 19.8 Å². The first kappa shape index (κ1) is 14.5. The summed E-state index contributed by atoms with van der Waals surface area (Å²) < 4.78 is 0. The van der Waals surface area contributed by atoms with Crippen molar-refractivity contribution >= 4 is 5.91 Å². The van der Waals surface area contributed by atoms with Crippen molar-refractivity contribution in [1.82, 2.24) is 15.1 Å². The first-order valence-corrected chi connectivity index (χ1v) is 6.91. The third-order valence-electron chi connectivity index (χ3n) is 3.33. The zero-order valence-electron chi connectivity index (χ0n) is 11.4. The number of hydrogen-bond acceptors (Lipinski definition) is 3. The van der Waals surface area contributed by atoms with Gasteiger partial charge in [0, 0.05) is 39.1 Å². The van der Waals surface area contributed by atoms with Crippen LogP contribution in [0.4, 0.5) is 0 Å². The number of piperazine rings is 1. The van der Waals surface area contributed by atoms with Crippen LogP contribution in [0.25, 0.3) is 0 Å². The number of nitrogens with one attached hydrogen (secondary N) is 1. The third-order valence-corrected chi connectivity index (χ3v) is 3.33. The Bertz CT molecular complexity index is 213. The van der Waals surface area contributed by atoms with Crippen LogP contribution >= 0.6 is 0 Å². The van der Waals surface area contributed by atoms with Crippen LogP contribution < -0.4 is 5.32 Å². The van der Waals surface area contributed by atoms with Crippen molar-refractivity contribution < 1.29 is 4.79 Å². The maximum atomic E-state index is 11.9. The van der Waals surface area contributed by atoms with Gasteiger partial charge in [0.25, 0.3) is 0 Å². The Morgan fingerprint density at radius 3 is 2.47 bits per heavy atom. The van der Waals surface area contributed by atoms with Gasteiger partial charge in [0.15, 0.2) is 0 Å². The molecule has 1 saturated heterocycles. The van der Waals surface area contributed by atoms with Crippen molar-refractivity contribution in [3.05, 3.63) is 0 Å². The summed E-state index contributed by atoms with van der Waals surface area (Å²) in [6.07, 6.45) is 4.40. The second kappa shape index (κ2) is 8.48. The Morgan fingerprint density at radius 1 is 1.12 bits per heavy atom. The quantitative estimate of drug-likeness (QED) is 0.674. The lowest BCUT2D eigenvalue weighted by atomic mass is 10.2. The monoisotopic (exact) mass is 241 g/mol. The zero-order chi connectivity index (χ0) is 12.5. The van der Waals surface area contributed by atoms with Crippen LogP contribution in [-0.4, -0.2) is 62.0 Å². The van der Waals surface area contributed by atoms with Crippen LogP contribution in [0.2, 0.25) is 0 Å². The van der Waals surface area contributed by atoms with E-state index in [2.05, 4.69) is 24.2 Å². The average Bonchev–Trinajstić information content (AvgIpc) is 2.34. The predicted molar refractivity (Wildman–Crippen MR) is 71.1 cm³/mol. The Labute approximate surface area is 105 Å². The van der Waals surface area contributed by atoms with Crippen LogP contribution in [0, 0.1) is 0 Å². The van der Waals surface area contributed by atoms with Gasteiger partial charge >= 0.3 is 0 Å². The predicted octanol–water partition coefficient (Wildman–Crippen LogP) is 0.930. The summed E-state index contributed by atoms with van der Waals surface area (Å²) in [6.45, 7) is 7.89. The van der Waals surface area contributed by atoms with Crippen molar-refractivity contribution in [2.45, 2.75) is 32.6 Å². The van der Waals surface area contributed by atoms with Crippen molar-refractivity contribution in [3.8, 4) is 0 Å². The van der Waals surface area contributed by atoms with Crippen LogP contribution in [0.1, 0.15) is 32.6 Å². The molecule has 0 spiro atoms. The van der Waals surface area contributed by atoms with E-state index in [1.165, 1.54) is 19.3 Å². The fourth-order valence-corrected chi connectivity index (χ4v) is 2.03. The minimum atomic E-state index is 0.307. The topological polar surface area (TPSA) is 35.6 Å². The largest absolute Gasteiger partial charge is 0.340 e. The Morgan fingerprint density at radius 2 is 1.82 bits per heavy atom. The van der Waals surface area contributed by atoms with E-state index in [1.54, 1.807) is 0 Å². The van der Waals surface area contributed by atoms with E-state index in [9.17, 15) is 4.79 Å². The Balaban J connectivity index is 2.01. The molecule has 1 heterocycles. The van der Waals surface area contributed by atoms with Crippen LogP contribution in [-0.2, 0) is 4.79 Å². The van der Waals surface area contributed by atoms with Crippen LogP contribution in [0.3, 0.4) is 0 Å². The highest BCUT2D eigenvalue weighted by Gasteiger charge is 2.17. The molecular formula is C13H27N3O. The smallest absolute Gasteiger partial charge is 0.223 e. The molecule has 4 nitrogen and oxygen atoms in total. The highest BCUT2D eigenvalue weighted by atomic mass is 16.2. The molecule has 100 valence electrons. The lowest BCUT2D eigenvalue weighted by Crippen LogP contribution is -2.47. The Hall–Kier alpha value is -0.610. The van der Waals surface area contributed by atoms with Gasteiger partial charge in [-0.3, -0.25) is 4.79 Å². The maximum absolute atomic E-state index is 11.9. The van der Waals surface area contributed by atoms with Gasteiger partial charge in [0.05, 0.1) is 0 Å². The van der Waals surface area contributed by atoms with Crippen LogP contribution in [0.5, 0.6) is 0 Å². The van der Waals surface area contributed by atoms with Gasteiger partial charge in [-0.25, -0.2) is 0 Å². The molecule has 0 aromatic carbocycles. The normalized spacial score (nSPS) is 17.4. The van der Waals surface area contributed by atoms with E-state index >= 15 is 0 Å². The van der Waals surface area contributed by atoms with Gasteiger partial charge in [-0.15, -0.1) is 0 Å². The fraction of sp³-hybridized carbons (Fsp3) is 0.923. The lowest BCUT2D eigenvalue weighted by Gasteiger charge is -2.32. The number of carbonyl (C=O) groups excluding carboxylic acids is 1. The van der Waals surface area contributed by atoms with Crippen molar-refractivity contribution in [2.24, 2.45) is 0 Å². The molecule has 0 atom stereocenters. The maximum Gasteiger partial charge on any atom is 0.223 e. The molecule has 0 radical (unpaired) electrons. The molecule has 0 bridgehead atoms. The molecule has 0 saturated carbocycles. The number of amides is 1. The third kappa shape index (κ3) is 6.03. The fourth-order valence-electron chi connectivity index (χ4n) is 2.03. The van der Waals surface area contributed by atoms with Crippen molar-refractivity contribution in [3.63, 3.8) is 0 Å². The lowest BCUT2D eigenvalue weighted by molar-refractivity contribution is -0.132. The minimum Gasteiger partial charge on any atom is -0.340 e. The molecule has 1 fully saturated rings. The molecule has 0 aromatic rings. The number of unbranched alkanes of at least 4 members (excludes halogenated alkanes) is 2. The summed E-state index contributed by atoms with van der Waals surface area (Å²) in [5, 5.41) is 3.34. The highest BCUT2D eigenvalue weighted by Crippen LogP contribution is 2.01. The summed E-state index contributed by atoms with van der Waals surface area (Å²) in [7, 11) is 2.11. The summed E-state index contributed by atoms with van der Waals surface area (Å²) in [4.78, 5) is 16.1. The van der Waals surface area contributed by atoms with Crippen LogP contribution in [0.15, 0.2) is 0 Å². The molecule has 17 heavy (non-hydrogen) atoms. The standard InChI is InChI=1S/C13H27N3O/c1-3-4-5-7-14-8-6-13(17)16-11-9-15(2)10-12-16/h14H,3-12H2,1-2H3. The second-order valence-corrected chi connectivity index (χ2v) is 4.89. The first-order valence-electron chi connectivity index (χ1n) is 6.91. The van der Waals surface area contributed by atoms with E-state index in [0.717, 1.165) is 39.3 Å². The van der Waals surface area contributed by atoms with Crippen molar-refractivity contribution in [1.29, 1.82) is 0 Å². The second-order valence-electron chi connectivity index (χ2n) is 4.89. The van der Waals surface area contributed by atoms with E-state index in [1.807, 2.05) is 4.90 Å². The molecule has 1 aliphatic rings. The number of carbonyl (C=O) groups is 1. The van der Waals surface area contributed by atoms with Gasteiger partial charge in [0.2, 0.25) is 5.91 Å². The minimum absolute atomic E-state index is 0.307. The highest BCUT2D eigenvalue weighted by molar-refractivity contribution is 5.76. The molecule has 1 amide bonds. The molecule has 1 rings (SSSR count). The van der Waals surface area contributed by atoms with Crippen molar-refractivity contribution in [2.75, 3.05) is 46.3 Å². The average molecular weight is 241 g/mol. The van der Waals surface area contributed by atoms with E-state index in [0.29, 0.717) is 12.3 Å². The SMILES string of the molecule is CCCCCNCCC(=O)N1CCN(C)CC1. The molecule has 1 aliphatic heterocycles. The van der Waals surface area contributed by atoms with Gasteiger partial charge in [-0.2, -0.15) is 0 Å². The molecule has 4 heteroatoms. The number of rotatable bonds is 7. The molecule has 0 aliphatic carbocycles. The van der Waals surface area contributed by atoms with E-state index in [4.69, 9.17) is 0 Å².